The van der Waals surface area contributed by atoms with E-state index in [1.165, 1.54) is 6.08 Å². The highest BCUT2D eigenvalue weighted by molar-refractivity contribution is 5.94. The van der Waals surface area contributed by atoms with Crippen LogP contribution in [0.3, 0.4) is 0 Å². The normalized spacial score (nSPS) is 10.3. The van der Waals surface area contributed by atoms with Crippen molar-refractivity contribution in [1.82, 2.24) is 10.6 Å². The van der Waals surface area contributed by atoms with E-state index in [1.807, 2.05) is 37.3 Å². The highest BCUT2D eigenvalue weighted by atomic mass is 16.2. The number of rotatable bonds is 6. The summed E-state index contributed by atoms with van der Waals surface area (Å²) in [6.07, 6.45) is 4.01. The molecule has 0 fully saturated rings. The van der Waals surface area contributed by atoms with Crippen LogP contribution in [0.5, 0.6) is 0 Å². The van der Waals surface area contributed by atoms with E-state index >= 15 is 0 Å². The van der Waals surface area contributed by atoms with E-state index < -0.39 is 0 Å². The first-order valence-electron chi connectivity index (χ1n) is 6.00. The van der Waals surface area contributed by atoms with Crippen molar-refractivity contribution in [3.05, 3.63) is 42.0 Å². The summed E-state index contributed by atoms with van der Waals surface area (Å²) in [6, 6.07) is 9.51. The fraction of sp³-hybridized carbons (Fsp3) is 0.286. The Kier molecular flexibility index (Phi) is 6.25. The molecule has 0 unspecified atom stereocenters. The summed E-state index contributed by atoms with van der Waals surface area (Å²) in [5.74, 6) is -0.441. The Balaban J connectivity index is 2.30. The van der Waals surface area contributed by atoms with E-state index in [-0.39, 0.29) is 18.4 Å². The molecule has 0 saturated heterocycles. The summed E-state index contributed by atoms with van der Waals surface area (Å²) in [5.41, 5.74) is 0.947. The van der Waals surface area contributed by atoms with Crippen molar-refractivity contribution >= 4 is 17.9 Å². The third-order valence-corrected chi connectivity index (χ3v) is 2.22. The largest absolute Gasteiger partial charge is 0.355 e. The second kappa shape index (κ2) is 8.06. The zero-order valence-electron chi connectivity index (χ0n) is 10.5. The molecule has 0 bridgehead atoms. The smallest absolute Gasteiger partial charge is 0.244 e. The first-order valence-corrected chi connectivity index (χ1v) is 6.00. The Morgan fingerprint density at radius 1 is 1.17 bits per heavy atom. The number of hydrogen-bond donors (Lipinski definition) is 2. The topological polar surface area (TPSA) is 58.2 Å². The Morgan fingerprint density at radius 3 is 2.56 bits per heavy atom. The molecular weight excluding hydrogens is 228 g/mol. The monoisotopic (exact) mass is 246 g/mol. The van der Waals surface area contributed by atoms with Crippen molar-refractivity contribution in [2.75, 3.05) is 13.1 Å². The number of carbonyl (C=O) groups excluding carboxylic acids is 2. The fourth-order valence-corrected chi connectivity index (χ4v) is 1.29. The fourth-order valence-electron chi connectivity index (χ4n) is 1.29. The van der Waals surface area contributed by atoms with Gasteiger partial charge in [-0.05, 0) is 18.1 Å². The van der Waals surface area contributed by atoms with Crippen LogP contribution in [-0.2, 0) is 9.59 Å². The highest BCUT2D eigenvalue weighted by Crippen LogP contribution is 2.00. The number of nitrogens with one attached hydrogen (secondary N) is 2. The number of amides is 2. The van der Waals surface area contributed by atoms with Gasteiger partial charge in [0.25, 0.3) is 0 Å². The van der Waals surface area contributed by atoms with Crippen LogP contribution in [-0.4, -0.2) is 24.9 Å². The lowest BCUT2D eigenvalue weighted by Crippen LogP contribution is -2.36. The van der Waals surface area contributed by atoms with Crippen LogP contribution in [0.2, 0.25) is 0 Å². The lowest BCUT2D eigenvalue weighted by atomic mass is 10.2. The van der Waals surface area contributed by atoms with Gasteiger partial charge in [0.1, 0.15) is 0 Å². The predicted molar refractivity (Wildman–Crippen MR) is 71.8 cm³/mol. The minimum absolute atomic E-state index is 0.0119. The summed E-state index contributed by atoms with van der Waals surface area (Å²) in [6.45, 7) is 2.62. The molecular formula is C14H18N2O2. The number of carbonyl (C=O) groups is 2. The maximum absolute atomic E-state index is 11.4. The van der Waals surface area contributed by atoms with Gasteiger partial charge in [0.05, 0.1) is 6.54 Å². The second-order valence-electron chi connectivity index (χ2n) is 3.81. The molecule has 4 nitrogen and oxygen atoms in total. The number of benzene rings is 1. The maximum atomic E-state index is 11.4. The molecule has 0 radical (unpaired) electrons. The van der Waals surface area contributed by atoms with Gasteiger partial charge in [0.2, 0.25) is 11.8 Å². The molecule has 0 aliphatic carbocycles. The van der Waals surface area contributed by atoms with Gasteiger partial charge in [-0.1, -0.05) is 37.3 Å². The van der Waals surface area contributed by atoms with Crippen LogP contribution in [0.25, 0.3) is 6.08 Å². The number of hydrogen-bond acceptors (Lipinski definition) is 2. The van der Waals surface area contributed by atoms with Crippen LogP contribution < -0.4 is 10.6 Å². The molecule has 2 amide bonds. The third-order valence-electron chi connectivity index (χ3n) is 2.22. The Bertz CT molecular complexity index is 413. The zero-order chi connectivity index (χ0) is 13.2. The molecule has 1 aromatic carbocycles. The molecule has 0 aromatic heterocycles. The Labute approximate surface area is 107 Å². The zero-order valence-corrected chi connectivity index (χ0v) is 10.5. The molecule has 2 N–H and O–H groups in total. The molecule has 0 aliphatic heterocycles. The van der Waals surface area contributed by atoms with E-state index in [4.69, 9.17) is 0 Å². The third kappa shape index (κ3) is 5.84. The molecule has 1 aromatic rings. The summed E-state index contributed by atoms with van der Waals surface area (Å²) < 4.78 is 0. The van der Waals surface area contributed by atoms with Gasteiger partial charge in [-0.15, -0.1) is 0 Å². The van der Waals surface area contributed by atoms with E-state index in [1.54, 1.807) is 6.08 Å². The molecule has 0 spiro atoms. The highest BCUT2D eigenvalue weighted by Gasteiger charge is 2.01. The van der Waals surface area contributed by atoms with Crippen LogP contribution >= 0.6 is 0 Å². The summed E-state index contributed by atoms with van der Waals surface area (Å²) in [4.78, 5) is 22.6. The van der Waals surface area contributed by atoms with Gasteiger partial charge in [0.15, 0.2) is 0 Å². The van der Waals surface area contributed by atoms with E-state index in [2.05, 4.69) is 10.6 Å². The molecule has 1 rings (SSSR count). The Morgan fingerprint density at radius 2 is 1.89 bits per heavy atom. The summed E-state index contributed by atoms with van der Waals surface area (Å²) in [7, 11) is 0. The molecule has 0 heterocycles. The van der Waals surface area contributed by atoms with Gasteiger partial charge < -0.3 is 10.6 Å². The molecule has 0 atom stereocenters. The van der Waals surface area contributed by atoms with Gasteiger partial charge in [0, 0.05) is 12.6 Å². The molecule has 4 heteroatoms. The van der Waals surface area contributed by atoms with Gasteiger partial charge >= 0.3 is 0 Å². The SMILES string of the molecule is CCCNC(=O)CNC(=O)/C=C/c1ccccc1. The lowest BCUT2D eigenvalue weighted by molar-refractivity contribution is -0.123. The van der Waals surface area contributed by atoms with E-state index in [9.17, 15) is 9.59 Å². The molecule has 18 heavy (non-hydrogen) atoms. The molecule has 0 aliphatic rings. The van der Waals surface area contributed by atoms with Crippen molar-refractivity contribution in [3.63, 3.8) is 0 Å². The molecule has 0 saturated carbocycles. The van der Waals surface area contributed by atoms with Gasteiger partial charge in [-0.25, -0.2) is 0 Å². The van der Waals surface area contributed by atoms with Crippen molar-refractivity contribution in [3.8, 4) is 0 Å². The standard InChI is InChI=1S/C14H18N2O2/c1-2-10-15-14(18)11-16-13(17)9-8-12-6-4-3-5-7-12/h3-9H,2,10-11H2,1H3,(H,15,18)(H,16,17)/b9-8+. The first-order chi connectivity index (χ1) is 8.72. The predicted octanol–water partition coefficient (Wildman–Crippen LogP) is 1.34. The van der Waals surface area contributed by atoms with Crippen LogP contribution in [0.15, 0.2) is 36.4 Å². The van der Waals surface area contributed by atoms with Gasteiger partial charge in [-0.3, -0.25) is 9.59 Å². The average Bonchev–Trinajstić information content (AvgIpc) is 2.41. The molecule has 96 valence electrons. The van der Waals surface area contributed by atoms with Crippen LogP contribution in [0.1, 0.15) is 18.9 Å². The maximum Gasteiger partial charge on any atom is 0.244 e. The van der Waals surface area contributed by atoms with Gasteiger partial charge in [-0.2, -0.15) is 0 Å². The minimum Gasteiger partial charge on any atom is -0.355 e. The van der Waals surface area contributed by atoms with Crippen molar-refractivity contribution in [2.24, 2.45) is 0 Å². The Hall–Kier alpha value is -2.10. The van der Waals surface area contributed by atoms with E-state index in [0.717, 1.165) is 12.0 Å². The first kappa shape index (κ1) is 14.0. The van der Waals surface area contributed by atoms with Crippen molar-refractivity contribution in [2.45, 2.75) is 13.3 Å². The van der Waals surface area contributed by atoms with Crippen LogP contribution in [0.4, 0.5) is 0 Å². The van der Waals surface area contributed by atoms with Crippen molar-refractivity contribution < 1.29 is 9.59 Å². The van der Waals surface area contributed by atoms with Crippen LogP contribution in [0, 0.1) is 0 Å². The quantitative estimate of drug-likeness (QED) is 0.744. The summed E-state index contributed by atoms with van der Waals surface area (Å²) >= 11 is 0. The average molecular weight is 246 g/mol. The van der Waals surface area contributed by atoms with E-state index in [0.29, 0.717) is 6.54 Å². The van der Waals surface area contributed by atoms with Crippen molar-refractivity contribution in [1.29, 1.82) is 0 Å². The second-order valence-corrected chi connectivity index (χ2v) is 3.81. The summed E-state index contributed by atoms with van der Waals surface area (Å²) in [5, 5.41) is 5.21. The lowest BCUT2D eigenvalue weighted by Gasteiger charge is -2.03. The minimum atomic E-state index is -0.273.